The number of piperazine rings is 1. The summed E-state index contributed by atoms with van der Waals surface area (Å²) in [4.78, 5) is 32.8. The first-order valence-electron chi connectivity index (χ1n) is 10.8. The molecule has 30 heavy (non-hydrogen) atoms. The summed E-state index contributed by atoms with van der Waals surface area (Å²) in [5.41, 5.74) is 0. The Balaban J connectivity index is 1.70. The molecule has 0 bridgehead atoms. The number of nitrogens with one attached hydrogen (secondary N) is 1. The van der Waals surface area contributed by atoms with E-state index in [1.807, 2.05) is 18.2 Å². The quantitative estimate of drug-likeness (QED) is 0.484. The van der Waals surface area contributed by atoms with Gasteiger partial charge in [-0.15, -0.1) is 0 Å². The number of aromatic nitrogens is 1. The van der Waals surface area contributed by atoms with Gasteiger partial charge in [-0.3, -0.25) is 9.80 Å². The number of pyridine rings is 1. The lowest BCUT2D eigenvalue weighted by molar-refractivity contribution is -0.233. The summed E-state index contributed by atoms with van der Waals surface area (Å²) < 4.78 is 11.4. The Labute approximate surface area is 178 Å². The zero-order chi connectivity index (χ0) is 21.4. The van der Waals surface area contributed by atoms with Crippen molar-refractivity contribution < 1.29 is 19.1 Å². The van der Waals surface area contributed by atoms with Crippen LogP contribution in [0.3, 0.4) is 0 Å². The number of hydrogen-bond donors (Lipinski definition) is 1. The van der Waals surface area contributed by atoms with E-state index in [-0.39, 0.29) is 12.6 Å². The highest BCUT2D eigenvalue weighted by molar-refractivity contribution is 5.93. The number of carbonyl (C=O) groups is 2. The molecule has 0 amide bonds. The third-order valence-electron chi connectivity index (χ3n) is 5.50. The molecule has 3 heterocycles. The number of carbonyl (C=O) groups excluding carboxylic acids is 2. The Hall–Kier alpha value is -2.45. The van der Waals surface area contributed by atoms with Gasteiger partial charge >= 0.3 is 17.8 Å². The van der Waals surface area contributed by atoms with Gasteiger partial charge in [0, 0.05) is 44.0 Å². The van der Waals surface area contributed by atoms with E-state index in [4.69, 9.17) is 9.47 Å². The summed E-state index contributed by atoms with van der Waals surface area (Å²) in [7, 11) is 0. The van der Waals surface area contributed by atoms with E-state index in [2.05, 4.69) is 29.0 Å². The van der Waals surface area contributed by atoms with E-state index in [0.717, 1.165) is 31.8 Å². The first-order valence-corrected chi connectivity index (χ1v) is 10.8. The van der Waals surface area contributed by atoms with Crippen molar-refractivity contribution in [3.8, 4) is 0 Å². The Morgan fingerprint density at radius 1 is 1.13 bits per heavy atom. The zero-order valence-corrected chi connectivity index (χ0v) is 17.9. The molecule has 2 aliphatic rings. The van der Waals surface area contributed by atoms with Gasteiger partial charge < -0.3 is 14.8 Å². The van der Waals surface area contributed by atoms with Crippen LogP contribution in [0.5, 0.6) is 0 Å². The lowest BCUT2D eigenvalue weighted by Gasteiger charge is -2.49. The molecule has 0 aliphatic carbocycles. The molecular formula is C22H32N4O4. The Bertz CT molecular complexity index is 720. The molecule has 3 rings (SSSR count). The molecule has 0 saturated carbocycles. The SMILES string of the molecule is CCCCCCNCC(C)N1CCN(c2ccccn2)C2(C1)OC(=O)C=CC(=O)O2. The molecule has 1 unspecified atom stereocenters. The monoisotopic (exact) mass is 416 g/mol. The number of nitrogens with zero attached hydrogens (tertiary/aromatic N) is 3. The maximum absolute atomic E-state index is 12.2. The van der Waals surface area contributed by atoms with Gasteiger partial charge in [-0.1, -0.05) is 32.3 Å². The van der Waals surface area contributed by atoms with Gasteiger partial charge in [0.1, 0.15) is 5.82 Å². The number of esters is 2. The second kappa shape index (κ2) is 10.5. The van der Waals surface area contributed by atoms with Crippen LogP contribution in [0.4, 0.5) is 5.82 Å². The number of unbranched alkanes of at least 4 members (excludes halogenated alkanes) is 3. The molecule has 1 N–H and O–H groups in total. The Morgan fingerprint density at radius 3 is 2.57 bits per heavy atom. The van der Waals surface area contributed by atoms with E-state index < -0.39 is 17.8 Å². The fourth-order valence-corrected chi connectivity index (χ4v) is 3.83. The maximum atomic E-state index is 12.2. The van der Waals surface area contributed by atoms with Crippen molar-refractivity contribution in [1.82, 2.24) is 15.2 Å². The first kappa shape index (κ1) is 22.2. The number of anilines is 1. The predicted molar refractivity (Wildman–Crippen MR) is 114 cm³/mol. The topological polar surface area (TPSA) is 84.0 Å². The van der Waals surface area contributed by atoms with E-state index in [1.165, 1.54) is 25.7 Å². The third kappa shape index (κ3) is 5.58. The van der Waals surface area contributed by atoms with Crippen LogP contribution in [0.15, 0.2) is 36.5 Å². The molecule has 0 aromatic carbocycles. The van der Waals surface area contributed by atoms with Gasteiger partial charge in [-0.25, -0.2) is 14.6 Å². The van der Waals surface area contributed by atoms with E-state index in [1.54, 1.807) is 11.1 Å². The standard InChI is InChI=1S/C22H32N4O4/c1-3-4-5-7-12-23-16-18(2)25-14-15-26(19-9-6-8-13-24-19)22(17-25)29-20(27)10-11-21(28)30-22/h6,8-11,13,18,23H,3-5,7,12,14-17H2,1-2H3. The first-order chi connectivity index (χ1) is 14.5. The van der Waals surface area contributed by atoms with Crippen LogP contribution in [0.2, 0.25) is 0 Å². The van der Waals surface area contributed by atoms with E-state index in [0.29, 0.717) is 12.4 Å². The lowest BCUT2D eigenvalue weighted by Crippen LogP contribution is -2.68. The van der Waals surface area contributed by atoms with Crippen LogP contribution in [-0.2, 0) is 19.1 Å². The molecular weight excluding hydrogens is 384 g/mol. The van der Waals surface area contributed by atoms with Crippen LogP contribution in [0.1, 0.15) is 39.5 Å². The van der Waals surface area contributed by atoms with Crippen LogP contribution < -0.4 is 10.2 Å². The average Bonchev–Trinajstić information content (AvgIpc) is 2.88. The second-order valence-electron chi connectivity index (χ2n) is 7.81. The van der Waals surface area contributed by atoms with Crippen molar-refractivity contribution in [2.45, 2.75) is 51.5 Å². The highest BCUT2D eigenvalue weighted by atomic mass is 16.8. The molecule has 0 radical (unpaired) electrons. The minimum atomic E-state index is -1.54. The van der Waals surface area contributed by atoms with Crippen LogP contribution in [0, 0.1) is 0 Å². The summed E-state index contributed by atoms with van der Waals surface area (Å²) in [5.74, 6) is -2.16. The smallest absolute Gasteiger partial charge is 0.357 e. The number of rotatable bonds is 9. The van der Waals surface area contributed by atoms with Crippen molar-refractivity contribution in [1.29, 1.82) is 0 Å². The third-order valence-corrected chi connectivity index (χ3v) is 5.50. The van der Waals surface area contributed by atoms with Gasteiger partial charge in [-0.05, 0) is 32.0 Å². The molecule has 8 nitrogen and oxygen atoms in total. The van der Waals surface area contributed by atoms with Crippen LogP contribution >= 0.6 is 0 Å². The van der Waals surface area contributed by atoms with E-state index in [9.17, 15) is 9.59 Å². The van der Waals surface area contributed by atoms with Crippen molar-refractivity contribution >= 4 is 17.8 Å². The summed E-state index contributed by atoms with van der Waals surface area (Å²) in [6.45, 7) is 7.63. The normalized spacial score (nSPS) is 20.0. The van der Waals surface area contributed by atoms with Gasteiger partial charge in [0.2, 0.25) is 0 Å². The highest BCUT2D eigenvalue weighted by Crippen LogP contribution is 2.31. The predicted octanol–water partition coefficient (Wildman–Crippen LogP) is 2.07. The van der Waals surface area contributed by atoms with Crippen molar-refractivity contribution in [2.24, 2.45) is 0 Å². The van der Waals surface area contributed by atoms with Gasteiger partial charge in [0.15, 0.2) is 0 Å². The van der Waals surface area contributed by atoms with Crippen LogP contribution in [0.25, 0.3) is 0 Å². The number of ether oxygens (including phenoxy) is 2. The Morgan fingerprint density at radius 2 is 1.90 bits per heavy atom. The zero-order valence-electron chi connectivity index (χ0n) is 17.9. The molecule has 1 atom stereocenters. The Kier molecular flexibility index (Phi) is 7.81. The van der Waals surface area contributed by atoms with Crippen LogP contribution in [-0.4, -0.2) is 66.5 Å². The molecule has 1 aromatic heterocycles. The molecule has 1 aromatic rings. The maximum Gasteiger partial charge on any atom is 0.357 e. The van der Waals surface area contributed by atoms with E-state index >= 15 is 0 Å². The van der Waals surface area contributed by atoms with Crippen molar-refractivity contribution in [2.75, 3.05) is 37.6 Å². The summed E-state index contributed by atoms with van der Waals surface area (Å²) in [6, 6.07) is 5.67. The molecule has 1 fully saturated rings. The lowest BCUT2D eigenvalue weighted by atomic mass is 10.1. The van der Waals surface area contributed by atoms with Crippen molar-refractivity contribution in [3.05, 3.63) is 36.5 Å². The fourth-order valence-electron chi connectivity index (χ4n) is 3.83. The summed E-state index contributed by atoms with van der Waals surface area (Å²) in [5, 5.41) is 3.51. The minimum Gasteiger partial charge on any atom is -0.399 e. The average molecular weight is 417 g/mol. The number of hydrogen-bond acceptors (Lipinski definition) is 8. The molecule has 164 valence electrons. The largest absolute Gasteiger partial charge is 0.399 e. The molecule has 2 aliphatic heterocycles. The second-order valence-corrected chi connectivity index (χ2v) is 7.81. The van der Waals surface area contributed by atoms with Gasteiger partial charge in [-0.2, -0.15) is 0 Å². The minimum absolute atomic E-state index is 0.188. The van der Waals surface area contributed by atoms with Crippen molar-refractivity contribution in [3.63, 3.8) is 0 Å². The highest BCUT2D eigenvalue weighted by Gasteiger charge is 2.51. The molecule has 8 heteroatoms. The molecule has 1 saturated heterocycles. The fraction of sp³-hybridized carbons (Fsp3) is 0.591. The summed E-state index contributed by atoms with van der Waals surface area (Å²) >= 11 is 0. The van der Waals surface area contributed by atoms with Gasteiger partial charge in [0.05, 0.1) is 6.54 Å². The van der Waals surface area contributed by atoms with Gasteiger partial charge in [0.25, 0.3) is 0 Å². The summed E-state index contributed by atoms with van der Waals surface area (Å²) in [6.07, 6.45) is 8.77. The molecule has 1 spiro atoms.